The third kappa shape index (κ3) is 4.97. The van der Waals surface area contributed by atoms with Gasteiger partial charge < -0.3 is 5.32 Å². The van der Waals surface area contributed by atoms with Crippen molar-refractivity contribution in [3.05, 3.63) is 58.6 Å². The Morgan fingerprint density at radius 3 is 2.69 bits per heavy atom. The fourth-order valence-electron chi connectivity index (χ4n) is 3.38. The average molecular weight is 453 g/mol. The zero-order chi connectivity index (χ0) is 21.2. The molecule has 0 spiro atoms. The van der Waals surface area contributed by atoms with Crippen molar-refractivity contribution in [2.75, 3.05) is 19.4 Å². The number of hydrogen-bond donors (Lipinski definition) is 1. The molecule has 1 aliphatic rings. The molecule has 8 heteroatoms. The lowest BCUT2D eigenvalue weighted by Gasteiger charge is -2.27. The van der Waals surface area contributed by atoms with Crippen LogP contribution in [-0.4, -0.2) is 38.0 Å². The molecule has 1 amide bonds. The van der Waals surface area contributed by atoms with E-state index in [1.54, 1.807) is 17.8 Å². The highest BCUT2D eigenvalue weighted by molar-refractivity contribution is 8.00. The number of nitrogens with zero attached hydrogens (tertiary/aromatic N) is 1. The van der Waals surface area contributed by atoms with E-state index in [1.807, 2.05) is 13.0 Å². The van der Waals surface area contributed by atoms with Crippen molar-refractivity contribution in [3.63, 3.8) is 0 Å². The Hall–Kier alpha value is -1.54. The Balaban J connectivity index is 1.73. The molecule has 1 aliphatic carbocycles. The van der Waals surface area contributed by atoms with Gasteiger partial charge >= 0.3 is 0 Å². The molecule has 1 N–H and O–H groups in total. The summed E-state index contributed by atoms with van der Waals surface area (Å²) in [7, 11) is -0.813. The number of fused-ring (bicyclic) bond motifs is 1. The molecule has 0 bridgehead atoms. The second-order valence-electron chi connectivity index (χ2n) is 7.28. The van der Waals surface area contributed by atoms with E-state index in [0.717, 1.165) is 23.6 Å². The van der Waals surface area contributed by atoms with Crippen molar-refractivity contribution < 1.29 is 13.2 Å². The molecule has 0 aromatic heterocycles. The van der Waals surface area contributed by atoms with Crippen molar-refractivity contribution in [2.24, 2.45) is 0 Å². The first-order valence-electron chi connectivity index (χ1n) is 9.46. The number of carbonyl (C=O) groups is 1. The molecule has 0 fully saturated rings. The standard InChI is InChI=1S/C21H25ClN2O3S2/c1-14(28-19-10-6-8-15-7-4-5-9-17(15)19)21(25)23-16-11-12-18(22)20(13-16)29(26,27)24(2)3/h4-5,7,9,11-14,19H,6,8,10H2,1-3H3,(H,23,25). The van der Waals surface area contributed by atoms with Crippen LogP contribution in [0.5, 0.6) is 0 Å². The van der Waals surface area contributed by atoms with Gasteiger partial charge in [-0.1, -0.05) is 35.9 Å². The van der Waals surface area contributed by atoms with E-state index in [-0.39, 0.29) is 26.3 Å². The predicted octanol–water partition coefficient (Wildman–Crippen LogP) is 4.73. The number of aryl methyl sites for hydroxylation is 1. The normalized spacial score (nSPS) is 17.6. The third-order valence-corrected chi connectivity index (χ3v) is 8.75. The van der Waals surface area contributed by atoms with E-state index >= 15 is 0 Å². The molecular formula is C21H25ClN2O3S2. The van der Waals surface area contributed by atoms with Gasteiger partial charge in [-0.05, 0) is 55.5 Å². The van der Waals surface area contributed by atoms with Crippen LogP contribution in [0.1, 0.15) is 36.1 Å². The number of sulfonamides is 1. The van der Waals surface area contributed by atoms with Gasteiger partial charge in [-0.2, -0.15) is 0 Å². The van der Waals surface area contributed by atoms with Crippen molar-refractivity contribution in [3.8, 4) is 0 Å². The number of thioether (sulfide) groups is 1. The highest BCUT2D eigenvalue weighted by atomic mass is 35.5. The fraction of sp³-hybridized carbons (Fsp3) is 0.381. The summed E-state index contributed by atoms with van der Waals surface area (Å²) in [4.78, 5) is 12.7. The summed E-state index contributed by atoms with van der Waals surface area (Å²) in [5.41, 5.74) is 3.09. The van der Waals surface area contributed by atoms with Gasteiger partial charge in [0.1, 0.15) is 4.90 Å². The number of anilines is 1. The van der Waals surface area contributed by atoms with Gasteiger partial charge in [-0.3, -0.25) is 4.79 Å². The summed E-state index contributed by atoms with van der Waals surface area (Å²) in [5.74, 6) is -0.159. The number of rotatable bonds is 6. The second-order valence-corrected chi connectivity index (χ2v) is 11.4. The minimum absolute atomic E-state index is 0.0246. The van der Waals surface area contributed by atoms with Gasteiger partial charge in [-0.15, -0.1) is 11.8 Å². The van der Waals surface area contributed by atoms with Crippen molar-refractivity contribution in [1.29, 1.82) is 0 Å². The Bertz CT molecular complexity index is 1010. The van der Waals surface area contributed by atoms with Crippen LogP contribution in [0.2, 0.25) is 5.02 Å². The number of halogens is 1. The van der Waals surface area contributed by atoms with Gasteiger partial charge in [-0.25, -0.2) is 12.7 Å². The SMILES string of the molecule is CC(SC1CCCc2ccccc21)C(=O)Nc1ccc(Cl)c(S(=O)(=O)N(C)C)c1. The Morgan fingerprint density at radius 2 is 1.97 bits per heavy atom. The van der Waals surface area contributed by atoms with Crippen LogP contribution in [0.4, 0.5) is 5.69 Å². The van der Waals surface area contributed by atoms with Gasteiger partial charge in [0.2, 0.25) is 15.9 Å². The molecule has 2 atom stereocenters. The largest absolute Gasteiger partial charge is 0.325 e. The van der Waals surface area contributed by atoms with Crippen LogP contribution in [0, 0.1) is 0 Å². The summed E-state index contributed by atoms with van der Waals surface area (Å²) in [6, 6.07) is 12.9. The number of nitrogens with one attached hydrogen (secondary N) is 1. The molecule has 156 valence electrons. The molecular weight excluding hydrogens is 428 g/mol. The molecule has 3 rings (SSSR count). The van der Waals surface area contributed by atoms with E-state index in [4.69, 9.17) is 11.6 Å². The minimum atomic E-state index is -3.70. The molecule has 0 saturated carbocycles. The highest BCUT2D eigenvalue weighted by Gasteiger charge is 2.26. The lowest BCUT2D eigenvalue weighted by Crippen LogP contribution is -2.25. The molecule has 2 aromatic carbocycles. The fourth-order valence-corrected chi connectivity index (χ4v) is 6.13. The van der Waals surface area contributed by atoms with Crippen molar-refractivity contribution in [1.82, 2.24) is 4.31 Å². The topological polar surface area (TPSA) is 66.5 Å². The summed E-state index contributed by atoms with van der Waals surface area (Å²) >= 11 is 7.72. The number of hydrogen-bond acceptors (Lipinski definition) is 4. The van der Waals surface area contributed by atoms with Crippen molar-refractivity contribution >= 4 is 45.0 Å². The van der Waals surface area contributed by atoms with Crippen LogP contribution in [0.3, 0.4) is 0 Å². The van der Waals surface area contributed by atoms with Crippen molar-refractivity contribution in [2.45, 2.75) is 41.6 Å². The van der Waals surface area contributed by atoms with Crippen LogP contribution in [-0.2, 0) is 21.2 Å². The molecule has 2 unspecified atom stereocenters. The zero-order valence-corrected chi connectivity index (χ0v) is 19.1. The lowest BCUT2D eigenvalue weighted by atomic mass is 9.91. The Morgan fingerprint density at radius 1 is 1.24 bits per heavy atom. The number of amides is 1. The summed E-state index contributed by atoms with van der Waals surface area (Å²) in [5, 5.41) is 2.96. The Kier molecular flexibility index (Phi) is 6.94. The summed E-state index contributed by atoms with van der Waals surface area (Å²) in [6.07, 6.45) is 3.25. The van der Waals surface area contributed by atoms with Crippen LogP contribution >= 0.6 is 23.4 Å². The van der Waals surface area contributed by atoms with Gasteiger partial charge in [0.25, 0.3) is 0 Å². The first-order chi connectivity index (χ1) is 13.7. The number of benzene rings is 2. The first kappa shape index (κ1) is 22.2. The maximum absolute atomic E-state index is 12.8. The van der Waals surface area contributed by atoms with Gasteiger partial charge in [0, 0.05) is 25.0 Å². The van der Waals surface area contributed by atoms with E-state index in [2.05, 4.69) is 23.5 Å². The molecule has 0 radical (unpaired) electrons. The first-order valence-corrected chi connectivity index (χ1v) is 12.2. The van der Waals surface area contributed by atoms with E-state index < -0.39 is 10.0 Å². The van der Waals surface area contributed by atoms with Crippen LogP contribution in [0.25, 0.3) is 0 Å². The average Bonchev–Trinajstić information content (AvgIpc) is 2.69. The van der Waals surface area contributed by atoms with Gasteiger partial charge in [0.05, 0.1) is 10.3 Å². The second kappa shape index (κ2) is 9.08. The van der Waals surface area contributed by atoms with Crippen LogP contribution in [0.15, 0.2) is 47.4 Å². The summed E-state index contributed by atoms with van der Waals surface area (Å²) in [6.45, 7) is 1.88. The Labute approximate surface area is 181 Å². The zero-order valence-electron chi connectivity index (χ0n) is 16.7. The molecule has 0 heterocycles. The quantitative estimate of drug-likeness (QED) is 0.688. The molecule has 0 saturated heterocycles. The third-order valence-electron chi connectivity index (χ3n) is 5.01. The number of carbonyl (C=O) groups excluding carboxylic acids is 1. The monoisotopic (exact) mass is 452 g/mol. The molecule has 0 aliphatic heterocycles. The smallest absolute Gasteiger partial charge is 0.244 e. The highest BCUT2D eigenvalue weighted by Crippen LogP contribution is 2.41. The summed E-state index contributed by atoms with van der Waals surface area (Å²) < 4.78 is 26.0. The molecule has 29 heavy (non-hydrogen) atoms. The maximum atomic E-state index is 12.8. The van der Waals surface area contributed by atoms with E-state index in [0.29, 0.717) is 5.69 Å². The lowest BCUT2D eigenvalue weighted by molar-refractivity contribution is -0.115. The van der Waals surface area contributed by atoms with Crippen LogP contribution < -0.4 is 5.32 Å². The van der Waals surface area contributed by atoms with E-state index in [1.165, 1.54) is 37.4 Å². The molecule has 5 nitrogen and oxygen atoms in total. The predicted molar refractivity (Wildman–Crippen MR) is 120 cm³/mol. The maximum Gasteiger partial charge on any atom is 0.244 e. The van der Waals surface area contributed by atoms with E-state index in [9.17, 15) is 13.2 Å². The minimum Gasteiger partial charge on any atom is -0.325 e. The van der Waals surface area contributed by atoms with Gasteiger partial charge in [0.15, 0.2) is 0 Å². The molecule has 2 aromatic rings.